The van der Waals surface area contributed by atoms with Crippen molar-refractivity contribution >= 4 is 17.3 Å². The lowest BCUT2D eigenvalue weighted by Crippen LogP contribution is -2.36. The fraction of sp³-hybridized carbons (Fsp3) is 0.632. The van der Waals surface area contributed by atoms with Crippen molar-refractivity contribution in [1.82, 2.24) is 0 Å². The summed E-state index contributed by atoms with van der Waals surface area (Å²) >= 11 is 0. The van der Waals surface area contributed by atoms with E-state index < -0.39 is 0 Å². The summed E-state index contributed by atoms with van der Waals surface area (Å²) < 4.78 is 5.99. The van der Waals surface area contributed by atoms with Gasteiger partial charge in [0.1, 0.15) is 6.61 Å². The second-order valence-corrected chi connectivity index (χ2v) is 7.30. The fourth-order valence-electron chi connectivity index (χ4n) is 3.45. The maximum atomic E-state index is 12.2. The van der Waals surface area contributed by atoms with Crippen LogP contribution in [0.15, 0.2) is 18.2 Å². The van der Waals surface area contributed by atoms with Gasteiger partial charge < -0.3 is 15.8 Å². The van der Waals surface area contributed by atoms with Crippen molar-refractivity contribution in [2.24, 2.45) is 17.8 Å². The van der Waals surface area contributed by atoms with E-state index in [9.17, 15) is 4.79 Å². The second-order valence-electron chi connectivity index (χ2n) is 7.30. The van der Waals surface area contributed by atoms with E-state index in [1.165, 1.54) is 12.8 Å². The number of hydrogen-bond acceptors (Lipinski definition) is 3. The van der Waals surface area contributed by atoms with Gasteiger partial charge in [0.15, 0.2) is 0 Å². The van der Waals surface area contributed by atoms with Crippen LogP contribution >= 0.6 is 0 Å². The molecular weight excluding hydrogens is 288 g/mol. The van der Waals surface area contributed by atoms with Crippen LogP contribution in [0.4, 0.5) is 11.4 Å². The number of nitrogens with two attached hydrogens (primary N) is 1. The lowest BCUT2D eigenvalue weighted by molar-refractivity contribution is -0.126. The molecule has 1 aliphatic carbocycles. The molecule has 0 spiro atoms. The molecule has 0 aromatic heterocycles. The number of amides is 1. The van der Waals surface area contributed by atoms with Crippen LogP contribution in [0.3, 0.4) is 0 Å². The predicted molar refractivity (Wildman–Crippen MR) is 95.3 cm³/mol. The number of benzene rings is 1. The smallest absolute Gasteiger partial charge is 0.250 e. The monoisotopic (exact) mass is 318 g/mol. The van der Waals surface area contributed by atoms with Crippen LogP contribution in [-0.2, 0) is 9.53 Å². The molecule has 1 amide bonds. The number of nitrogens with one attached hydrogen (secondary N) is 1. The summed E-state index contributed by atoms with van der Waals surface area (Å²) in [5.41, 5.74) is 8.18. The van der Waals surface area contributed by atoms with E-state index in [1.807, 2.05) is 19.1 Å². The van der Waals surface area contributed by atoms with Crippen LogP contribution in [0.2, 0.25) is 0 Å². The molecule has 0 radical (unpaired) electrons. The van der Waals surface area contributed by atoms with Crippen molar-refractivity contribution in [3.05, 3.63) is 23.8 Å². The van der Waals surface area contributed by atoms with E-state index in [4.69, 9.17) is 10.5 Å². The van der Waals surface area contributed by atoms with Crippen molar-refractivity contribution in [3.8, 4) is 0 Å². The molecule has 0 bridgehead atoms. The highest BCUT2D eigenvalue weighted by atomic mass is 16.5. The average molecular weight is 318 g/mol. The van der Waals surface area contributed by atoms with Crippen molar-refractivity contribution < 1.29 is 9.53 Å². The molecule has 1 saturated carbocycles. The number of carbonyl (C=O) groups is 1. The number of ether oxygens (including phenoxy) is 1. The first-order valence-electron chi connectivity index (χ1n) is 8.64. The summed E-state index contributed by atoms with van der Waals surface area (Å²) in [6, 6.07) is 5.52. The highest BCUT2D eigenvalue weighted by Gasteiger charge is 2.31. The molecule has 1 aliphatic rings. The van der Waals surface area contributed by atoms with Gasteiger partial charge in [-0.05, 0) is 55.2 Å². The van der Waals surface area contributed by atoms with Crippen molar-refractivity contribution in [1.29, 1.82) is 0 Å². The first-order chi connectivity index (χ1) is 10.9. The predicted octanol–water partition coefficient (Wildman–Crippen LogP) is 3.99. The molecule has 0 heterocycles. The largest absolute Gasteiger partial charge is 0.399 e. The summed E-state index contributed by atoms with van der Waals surface area (Å²) in [5.74, 6) is 1.70. The van der Waals surface area contributed by atoms with Gasteiger partial charge in [-0.2, -0.15) is 0 Å². The Morgan fingerprint density at radius 1 is 1.39 bits per heavy atom. The Morgan fingerprint density at radius 3 is 2.83 bits per heavy atom. The maximum Gasteiger partial charge on any atom is 0.250 e. The Morgan fingerprint density at radius 2 is 2.13 bits per heavy atom. The third-order valence-electron chi connectivity index (χ3n) is 4.93. The minimum atomic E-state index is -0.112. The molecule has 4 heteroatoms. The van der Waals surface area contributed by atoms with Crippen LogP contribution in [0.1, 0.15) is 45.6 Å². The van der Waals surface area contributed by atoms with Gasteiger partial charge in [-0.3, -0.25) is 4.79 Å². The molecule has 0 saturated heterocycles. The molecule has 1 aromatic rings. The summed E-state index contributed by atoms with van der Waals surface area (Å²) in [6.45, 7) is 8.81. The quantitative estimate of drug-likeness (QED) is 0.807. The van der Waals surface area contributed by atoms with Crippen LogP contribution in [0.5, 0.6) is 0 Å². The van der Waals surface area contributed by atoms with Gasteiger partial charge in [-0.15, -0.1) is 0 Å². The van der Waals surface area contributed by atoms with E-state index in [0.717, 1.165) is 17.7 Å². The Bertz CT molecular complexity index is 542. The van der Waals surface area contributed by atoms with Gasteiger partial charge in [0.25, 0.3) is 0 Å². The van der Waals surface area contributed by atoms with E-state index in [2.05, 4.69) is 26.1 Å². The highest BCUT2D eigenvalue weighted by molar-refractivity contribution is 5.92. The number of rotatable bonds is 5. The Hall–Kier alpha value is -1.55. The molecule has 1 fully saturated rings. The molecule has 3 unspecified atom stereocenters. The second kappa shape index (κ2) is 7.82. The van der Waals surface area contributed by atoms with Gasteiger partial charge in [0.05, 0.1) is 6.10 Å². The van der Waals surface area contributed by atoms with Crippen LogP contribution < -0.4 is 11.1 Å². The van der Waals surface area contributed by atoms with E-state index >= 15 is 0 Å². The Balaban J connectivity index is 1.91. The number of carbonyl (C=O) groups excluding carboxylic acids is 1. The molecular formula is C19H30N2O2. The summed E-state index contributed by atoms with van der Waals surface area (Å²) in [6.07, 6.45) is 3.69. The van der Waals surface area contributed by atoms with E-state index in [1.54, 1.807) is 6.07 Å². The molecule has 0 aliphatic heterocycles. The fourth-order valence-corrected chi connectivity index (χ4v) is 3.45. The van der Waals surface area contributed by atoms with Gasteiger partial charge in [-0.25, -0.2) is 0 Å². The number of aryl methyl sites for hydroxylation is 1. The summed E-state index contributed by atoms with van der Waals surface area (Å²) in [4.78, 5) is 12.2. The molecule has 3 atom stereocenters. The molecule has 4 nitrogen and oxygen atoms in total. The van der Waals surface area contributed by atoms with Crippen molar-refractivity contribution in [2.45, 2.75) is 53.1 Å². The zero-order valence-electron chi connectivity index (χ0n) is 14.8. The van der Waals surface area contributed by atoms with E-state index in [-0.39, 0.29) is 18.6 Å². The summed E-state index contributed by atoms with van der Waals surface area (Å²) in [5, 5.41) is 2.90. The van der Waals surface area contributed by atoms with Crippen LogP contribution in [0.25, 0.3) is 0 Å². The Labute approximate surface area is 139 Å². The van der Waals surface area contributed by atoms with Crippen molar-refractivity contribution in [3.63, 3.8) is 0 Å². The first kappa shape index (κ1) is 17.8. The third kappa shape index (κ3) is 4.96. The van der Waals surface area contributed by atoms with Crippen LogP contribution in [-0.4, -0.2) is 18.6 Å². The SMILES string of the molecule is Cc1ccc(N)cc1NC(=O)COC1CC(C)CCC1C(C)C. The highest BCUT2D eigenvalue weighted by Crippen LogP contribution is 2.35. The number of nitrogen functional groups attached to an aromatic ring is 1. The standard InChI is InChI=1S/C19H30N2O2/c1-12(2)16-8-5-13(3)9-18(16)23-11-19(22)21-17-10-15(20)7-6-14(17)4/h6-7,10,12-13,16,18H,5,8-9,11,20H2,1-4H3,(H,21,22). The summed E-state index contributed by atoms with van der Waals surface area (Å²) in [7, 11) is 0. The molecule has 2 rings (SSSR count). The van der Waals surface area contributed by atoms with Gasteiger partial charge in [0.2, 0.25) is 5.91 Å². The topological polar surface area (TPSA) is 64.3 Å². The van der Waals surface area contributed by atoms with Gasteiger partial charge >= 0.3 is 0 Å². The molecule has 3 N–H and O–H groups in total. The van der Waals surface area contributed by atoms with Crippen molar-refractivity contribution in [2.75, 3.05) is 17.7 Å². The van der Waals surface area contributed by atoms with E-state index in [0.29, 0.717) is 23.4 Å². The normalized spacial score (nSPS) is 24.7. The lowest BCUT2D eigenvalue weighted by atomic mass is 9.75. The number of hydrogen-bond donors (Lipinski definition) is 2. The van der Waals surface area contributed by atoms with Crippen LogP contribution in [0, 0.1) is 24.7 Å². The third-order valence-corrected chi connectivity index (χ3v) is 4.93. The average Bonchev–Trinajstić information content (AvgIpc) is 2.48. The molecule has 128 valence electrons. The zero-order chi connectivity index (χ0) is 17.0. The molecule has 23 heavy (non-hydrogen) atoms. The lowest BCUT2D eigenvalue weighted by Gasteiger charge is -2.37. The van der Waals surface area contributed by atoms with Gasteiger partial charge in [-0.1, -0.05) is 33.3 Å². The minimum Gasteiger partial charge on any atom is -0.399 e. The number of anilines is 2. The molecule has 1 aromatic carbocycles. The first-order valence-corrected chi connectivity index (χ1v) is 8.64. The van der Waals surface area contributed by atoms with Gasteiger partial charge in [0, 0.05) is 11.4 Å². The zero-order valence-corrected chi connectivity index (χ0v) is 14.8. The minimum absolute atomic E-state index is 0.106. The maximum absolute atomic E-state index is 12.2. The Kier molecular flexibility index (Phi) is 6.05.